The van der Waals surface area contributed by atoms with Crippen molar-refractivity contribution in [3.05, 3.63) is 12.7 Å². The molecule has 0 spiro atoms. The molecular weight excluding hydrogens is 106 g/mol. The van der Waals surface area contributed by atoms with Gasteiger partial charge in [0.05, 0.1) is 0 Å². The normalized spacial score (nSPS) is 5.86. The molecule has 3 heteroatoms. The lowest BCUT2D eigenvalue weighted by Gasteiger charge is -1.82. The molecule has 1 N–H and O–H groups in total. The van der Waals surface area contributed by atoms with Gasteiger partial charge in [0.1, 0.15) is 0 Å². The van der Waals surface area contributed by atoms with E-state index < -0.39 is 0 Å². The van der Waals surface area contributed by atoms with Crippen molar-refractivity contribution in [2.24, 2.45) is 0 Å². The Kier molecular flexibility index (Phi) is 7.49. The molecule has 0 unspecified atom stereocenters. The van der Waals surface area contributed by atoms with Crippen molar-refractivity contribution in [1.29, 1.82) is 0 Å². The van der Waals surface area contributed by atoms with Crippen LogP contribution in [-0.2, 0) is 4.79 Å². The van der Waals surface area contributed by atoms with Gasteiger partial charge in [-0.3, -0.25) is 4.79 Å². The molecule has 0 aliphatic heterocycles. The van der Waals surface area contributed by atoms with Gasteiger partial charge in [0.25, 0.3) is 0 Å². The Morgan fingerprint density at radius 2 is 2.29 bits per heavy atom. The fourth-order valence-corrected chi connectivity index (χ4v) is 0.102. The molecule has 0 rings (SSSR count). The summed E-state index contributed by atoms with van der Waals surface area (Å²) in [4.78, 5) is 9.95. The van der Waals surface area contributed by atoms with Gasteiger partial charge >= 0.3 is 0 Å². The Labute approximate surface area is 47.6 Å². The number of amides is 1. The summed E-state index contributed by atoms with van der Waals surface area (Å²) in [5, 5.41) is 2.36. The zero-order chi connectivity index (χ0) is 4.99. The van der Waals surface area contributed by atoms with Gasteiger partial charge in [0.15, 0.2) is 0 Å². The van der Waals surface area contributed by atoms with Crippen LogP contribution in [-0.4, -0.2) is 23.9 Å². The number of carbonyl (C=O) groups is 1. The van der Waals surface area contributed by atoms with Gasteiger partial charge in [0.2, 0.25) is 5.91 Å². The molecule has 0 aliphatic carbocycles. The maximum Gasteiger partial charge on any atom is 0.243 e. The van der Waals surface area contributed by atoms with Gasteiger partial charge in [-0.25, -0.2) is 0 Å². The van der Waals surface area contributed by atoms with Gasteiger partial charge in [0, 0.05) is 18.0 Å². The molecule has 0 saturated carbocycles. The molecule has 7 heavy (non-hydrogen) atoms. The van der Waals surface area contributed by atoms with Crippen LogP contribution >= 0.6 is 0 Å². The smallest absolute Gasteiger partial charge is 0.243 e. The summed E-state index contributed by atoms with van der Waals surface area (Å²) >= 11 is 0. The summed E-state index contributed by atoms with van der Waals surface area (Å²) in [6.07, 6.45) is 1.22. The molecule has 0 atom stereocenters. The van der Waals surface area contributed by atoms with Crippen molar-refractivity contribution in [3.8, 4) is 0 Å². The van der Waals surface area contributed by atoms with Crippen molar-refractivity contribution in [2.75, 3.05) is 7.05 Å². The van der Waals surface area contributed by atoms with E-state index in [1.165, 1.54) is 6.08 Å². The molecule has 1 amide bonds. The van der Waals surface area contributed by atoms with Crippen LogP contribution in [0.5, 0.6) is 0 Å². The van der Waals surface area contributed by atoms with Crippen molar-refractivity contribution in [2.45, 2.75) is 0 Å². The minimum absolute atomic E-state index is 0. The van der Waals surface area contributed by atoms with Crippen molar-refractivity contribution < 1.29 is 4.79 Å². The molecule has 0 fully saturated rings. The first-order valence-corrected chi connectivity index (χ1v) is 1.65. The highest BCUT2D eigenvalue weighted by Gasteiger charge is 1.78. The van der Waals surface area contributed by atoms with Crippen LogP contribution in [0.3, 0.4) is 0 Å². The van der Waals surface area contributed by atoms with Crippen LogP contribution < -0.4 is 5.32 Å². The molecule has 0 aliphatic rings. The molecular formula is C4H7NOSi. The minimum atomic E-state index is -0.144. The Morgan fingerprint density at radius 3 is 2.29 bits per heavy atom. The van der Waals surface area contributed by atoms with Crippen LogP contribution in [0.25, 0.3) is 0 Å². The highest BCUT2D eigenvalue weighted by Crippen LogP contribution is 1.56. The van der Waals surface area contributed by atoms with E-state index in [1.54, 1.807) is 7.05 Å². The first kappa shape index (κ1) is 9.66. The quantitative estimate of drug-likeness (QED) is 0.362. The standard InChI is InChI=1S/C4H7NO.Si/c1-3-4(6)5-2;/h3H,1H2,2H3,(H,5,6);. The topological polar surface area (TPSA) is 29.1 Å². The summed E-state index contributed by atoms with van der Waals surface area (Å²) in [5.41, 5.74) is 0. The molecule has 0 bridgehead atoms. The van der Waals surface area contributed by atoms with Gasteiger partial charge in [-0.2, -0.15) is 0 Å². The Bertz CT molecular complexity index is 72.1. The van der Waals surface area contributed by atoms with E-state index in [1.807, 2.05) is 0 Å². The first-order chi connectivity index (χ1) is 2.81. The average Bonchev–Trinajstić information content (AvgIpc) is 1.65. The van der Waals surface area contributed by atoms with Crippen LogP contribution in [0.4, 0.5) is 0 Å². The van der Waals surface area contributed by atoms with E-state index in [4.69, 9.17) is 0 Å². The summed E-state index contributed by atoms with van der Waals surface area (Å²) in [5.74, 6) is -0.144. The summed E-state index contributed by atoms with van der Waals surface area (Å²) in [7, 11) is 1.56. The molecule has 0 saturated heterocycles. The number of rotatable bonds is 1. The summed E-state index contributed by atoms with van der Waals surface area (Å²) in [6, 6.07) is 0. The molecule has 4 radical (unpaired) electrons. The number of hydrogen-bond acceptors (Lipinski definition) is 1. The minimum Gasteiger partial charge on any atom is -0.356 e. The van der Waals surface area contributed by atoms with E-state index in [9.17, 15) is 4.79 Å². The average molecular weight is 113 g/mol. The maximum atomic E-state index is 9.95. The monoisotopic (exact) mass is 113 g/mol. The number of hydrogen-bond donors (Lipinski definition) is 1. The molecule has 0 aromatic heterocycles. The number of likely N-dealkylation sites (N-methyl/N-ethyl adjacent to an activating group) is 1. The fourth-order valence-electron chi connectivity index (χ4n) is 0.102. The van der Waals surface area contributed by atoms with Crippen LogP contribution in [0.1, 0.15) is 0 Å². The van der Waals surface area contributed by atoms with Crippen LogP contribution in [0.2, 0.25) is 0 Å². The van der Waals surface area contributed by atoms with Crippen LogP contribution in [0, 0.1) is 0 Å². The van der Waals surface area contributed by atoms with E-state index in [0.717, 1.165) is 0 Å². The summed E-state index contributed by atoms with van der Waals surface area (Å²) in [6.45, 7) is 3.22. The zero-order valence-electron chi connectivity index (χ0n) is 4.19. The Morgan fingerprint density at radius 1 is 1.86 bits per heavy atom. The number of carbonyl (C=O) groups excluding carboxylic acids is 1. The lowest BCUT2D eigenvalue weighted by molar-refractivity contribution is -0.116. The Balaban J connectivity index is 0. The summed E-state index contributed by atoms with van der Waals surface area (Å²) < 4.78 is 0. The third-order valence-corrected chi connectivity index (χ3v) is 0.432. The predicted octanol–water partition coefficient (Wildman–Crippen LogP) is -0.462. The van der Waals surface area contributed by atoms with Crippen molar-refractivity contribution in [3.63, 3.8) is 0 Å². The lowest BCUT2D eigenvalue weighted by atomic mass is 10.6. The van der Waals surface area contributed by atoms with Crippen molar-refractivity contribution in [1.82, 2.24) is 5.32 Å². The first-order valence-electron chi connectivity index (χ1n) is 1.65. The largest absolute Gasteiger partial charge is 0.356 e. The van der Waals surface area contributed by atoms with Crippen molar-refractivity contribution >= 4 is 16.9 Å². The van der Waals surface area contributed by atoms with E-state index in [-0.39, 0.29) is 16.9 Å². The van der Waals surface area contributed by atoms with Gasteiger partial charge < -0.3 is 5.32 Å². The lowest BCUT2D eigenvalue weighted by Crippen LogP contribution is -2.13. The SMILES string of the molecule is C=CC(=O)NC.[Si]. The predicted molar refractivity (Wildman–Crippen MR) is 30.0 cm³/mol. The maximum absolute atomic E-state index is 9.95. The number of nitrogens with one attached hydrogen (secondary N) is 1. The second kappa shape index (κ2) is 5.43. The molecule has 0 heterocycles. The second-order valence-electron chi connectivity index (χ2n) is 0.818. The molecule has 0 aromatic rings. The van der Waals surface area contributed by atoms with Crippen LogP contribution in [0.15, 0.2) is 12.7 Å². The van der Waals surface area contributed by atoms with Gasteiger partial charge in [-0.1, -0.05) is 6.58 Å². The third-order valence-electron chi connectivity index (χ3n) is 0.432. The van der Waals surface area contributed by atoms with E-state index in [2.05, 4.69) is 11.9 Å². The second-order valence-corrected chi connectivity index (χ2v) is 0.818. The molecule has 2 nitrogen and oxygen atoms in total. The molecule has 38 valence electrons. The molecule has 0 aromatic carbocycles. The van der Waals surface area contributed by atoms with Gasteiger partial charge in [-0.05, 0) is 6.08 Å². The highest BCUT2D eigenvalue weighted by atomic mass is 28.1. The van der Waals surface area contributed by atoms with E-state index in [0.29, 0.717) is 0 Å². The Hall–Kier alpha value is -0.573. The third kappa shape index (κ3) is 5.43. The zero-order valence-corrected chi connectivity index (χ0v) is 5.19. The fraction of sp³-hybridized carbons (Fsp3) is 0.250. The van der Waals surface area contributed by atoms with Gasteiger partial charge in [-0.15, -0.1) is 0 Å². The van der Waals surface area contributed by atoms with E-state index >= 15 is 0 Å². The highest BCUT2D eigenvalue weighted by molar-refractivity contribution is 5.86.